The molecule has 1 aromatic rings. The zero-order valence-corrected chi connectivity index (χ0v) is 14.0. The molecule has 0 spiro atoms. The van der Waals surface area contributed by atoms with Crippen molar-refractivity contribution in [3.63, 3.8) is 0 Å². The minimum Gasteiger partial charge on any atom is -0.479 e. The van der Waals surface area contributed by atoms with Gasteiger partial charge in [-0.1, -0.05) is 0 Å². The summed E-state index contributed by atoms with van der Waals surface area (Å²) in [5, 5.41) is 3.25. The number of carbonyl (C=O) groups is 1. The molecular formula is C14H23Cl2N3O2. The molecule has 0 radical (unpaired) electrons. The summed E-state index contributed by atoms with van der Waals surface area (Å²) in [7, 11) is 1.97. The molecule has 1 N–H and O–H groups in total. The lowest BCUT2D eigenvalue weighted by atomic mass is 10.0. The topological polar surface area (TPSA) is 54.5 Å². The zero-order valence-electron chi connectivity index (χ0n) is 12.3. The van der Waals surface area contributed by atoms with Crippen LogP contribution in [0.25, 0.3) is 0 Å². The molecule has 1 aliphatic rings. The molecule has 0 bridgehead atoms. The standard InChI is InChI=1S/C14H21N3O2.2ClH/c1-11(19-13-4-3-7-16-10-13)14(18)17-8-5-12(15-2)6-9-17;;/h3-4,7,10-12,15H,5-6,8-9H2,1-2H3;2*1H. The molecule has 0 aromatic carbocycles. The second-order valence-electron chi connectivity index (χ2n) is 4.84. The predicted molar refractivity (Wildman–Crippen MR) is 87.5 cm³/mol. The van der Waals surface area contributed by atoms with Gasteiger partial charge in [0.2, 0.25) is 0 Å². The molecule has 1 atom stereocenters. The monoisotopic (exact) mass is 335 g/mol. The Balaban J connectivity index is 0.00000200. The van der Waals surface area contributed by atoms with Crippen LogP contribution in [-0.4, -0.2) is 48.1 Å². The number of carbonyl (C=O) groups excluding carboxylic acids is 1. The Hall–Kier alpha value is -1.04. The van der Waals surface area contributed by atoms with E-state index in [4.69, 9.17) is 4.74 Å². The third-order valence-corrected chi connectivity index (χ3v) is 3.51. The van der Waals surface area contributed by atoms with Gasteiger partial charge in [0.25, 0.3) is 5.91 Å². The minimum atomic E-state index is -0.463. The van der Waals surface area contributed by atoms with Crippen LogP contribution in [0.5, 0.6) is 5.75 Å². The van der Waals surface area contributed by atoms with Crippen molar-refractivity contribution < 1.29 is 9.53 Å². The molecule has 5 nitrogen and oxygen atoms in total. The summed E-state index contributed by atoms with van der Waals surface area (Å²) in [6.45, 7) is 3.38. The van der Waals surface area contributed by atoms with E-state index < -0.39 is 6.10 Å². The number of hydrogen-bond acceptors (Lipinski definition) is 4. The van der Waals surface area contributed by atoms with E-state index in [-0.39, 0.29) is 30.7 Å². The SMILES string of the molecule is CNC1CCN(C(=O)C(C)Oc2cccnc2)CC1.Cl.Cl. The molecule has 0 aliphatic carbocycles. The number of likely N-dealkylation sites (tertiary alicyclic amines) is 1. The van der Waals surface area contributed by atoms with E-state index >= 15 is 0 Å². The van der Waals surface area contributed by atoms with Crippen molar-refractivity contribution in [2.45, 2.75) is 31.9 Å². The summed E-state index contributed by atoms with van der Waals surface area (Å²) in [4.78, 5) is 18.1. The molecular weight excluding hydrogens is 313 g/mol. The third-order valence-electron chi connectivity index (χ3n) is 3.51. The molecule has 2 rings (SSSR count). The lowest BCUT2D eigenvalue weighted by Gasteiger charge is -2.33. The second kappa shape index (κ2) is 9.82. The number of halogens is 2. The lowest BCUT2D eigenvalue weighted by Crippen LogP contribution is -2.48. The number of nitrogens with zero attached hydrogens (tertiary/aromatic N) is 2. The number of rotatable bonds is 4. The Morgan fingerprint density at radius 1 is 1.43 bits per heavy atom. The highest BCUT2D eigenvalue weighted by molar-refractivity contribution is 5.85. The van der Waals surface area contributed by atoms with Crippen molar-refractivity contribution in [3.8, 4) is 5.75 Å². The van der Waals surface area contributed by atoms with Crippen LogP contribution in [0.4, 0.5) is 0 Å². The lowest BCUT2D eigenvalue weighted by molar-refractivity contribution is -0.139. The van der Waals surface area contributed by atoms with Crippen LogP contribution in [0.3, 0.4) is 0 Å². The van der Waals surface area contributed by atoms with Gasteiger partial charge in [-0.2, -0.15) is 0 Å². The van der Waals surface area contributed by atoms with Gasteiger partial charge < -0.3 is 15.0 Å². The molecule has 7 heteroatoms. The Bertz CT molecular complexity index is 412. The summed E-state index contributed by atoms with van der Waals surface area (Å²) >= 11 is 0. The van der Waals surface area contributed by atoms with Gasteiger partial charge in [0, 0.05) is 25.3 Å². The molecule has 1 amide bonds. The van der Waals surface area contributed by atoms with Crippen LogP contribution in [-0.2, 0) is 4.79 Å². The maximum absolute atomic E-state index is 12.3. The summed E-state index contributed by atoms with van der Waals surface area (Å²) in [5.41, 5.74) is 0. The van der Waals surface area contributed by atoms with Gasteiger partial charge >= 0.3 is 0 Å². The first-order valence-corrected chi connectivity index (χ1v) is 6.73. The van der Waals surface area contributed by atoms with Gasteiger partial charge in [-0.15, -0.1) is 24.8 Å². The van der Waals surface area contributed by atoms with E-state index in [9.17, 15) is 4.79 Å². The molecule has 1 aromatic heterocycles. The highest BCUT2D eigenvalue weighted by Gasteiger charge is 2.26. The van der Waals surface area contributed by atoms with Crippen LogP contribution in [0, 0.1) is 0 Å². The first kappa shape index (κ1) is 20.0. The molecule has 1 fully saturated rings. The number of nitrogens with one attached hydrogen (secondary N) is 1. The van der Waals surface area contributed by atoms with Gasteiger partial charge in [-0.3, -0.25) is 9.78 Å². The molecule has 2 heterocycles. The third kappa shape index (κ3) is 5.69. The summed E-state index contributed by atoms with van der Waals surface area (Å²) in [6, 6.07) is 4.13. The van der Waals surface area contributed by atoms with Crippen LogP contribution >= 0.6 is 24.8 Å². The number of piperidine rings is 1. The summed E-state index contributed by atoms with van der Waals surface area (Å²) in [5.74, 6) is 0.687. The molecule has 0 saturated carbocycles. The highest BCUT2D eigenvalue weighted by Crippen LogP contribution is 2.14. The fourth-order valence-corrected chi connectivity index (χ4v) is 2.32. The van der Waals surface area contributed by atoms with E-state index in [1.807, 2.05) is 18.0 Å². The first-order valence-electron chi connectivity index (χ1n) is 6.73. The van der Waals surface area contributed by atoms with E-state index in [1.54, 1.807) is 25.4 Å². The molecule has 1 saturated heterocycles. The van der Waals surface area contributed by atoms with Gasteiger partial charge in [0.15, 0.2) is 6.10 Å². The zero-order chi connectivity index (χ0) is 13.7. The van der Waals surface area contributed by atoms with Crippen molar-refractivity contribution >= 4 is 30.7 Å². The van der Waals surface area contributed by atoms with Gasteiger partial charge in [-0.25, -0.2) is 0 Å². The first-order chi connectivity index (χ1) is 9.20. The fourth-order valence-electron chi connectivity index (χ4n) is 2.32. The Labute approximate surface area is 138 Å². The van der Waals surface area contributed by atoms with E-state index in [1.165, 1.54) is 0 Å². The van der Waals surface area contributed by atoms with Crippen molar-refractivity contribution in [2.24, 2.45) is 0 Å². The number of ether oxygens (including phenoxy) is 1. The average molecular weight is 336 g/mol. The van der Waals surface area contributed by atoms with Gasteiger partial charge in [0.05, 0.1) is 6.20 Å². The maximum Gasteiger partial charge on any atom is 0.263 e. The van der Waals surface area contributed by atoms with Crippen molar-refractivity contribution in [2.75, 3.05) is 20.1 Å². The van der Waals surface area contributed by atoms with Crippen LogP contribution in [0.2, 0.25) is 0 Å². The number of hydrogen-bond donors (Lipinski definition) is 1. The second-order valence-corrected chi connectivity index (χ2v) is 4.84. The van der Waals surface area contributed by atoms with Crippen LogP contribution in [0.1, 0.15) is 19.8 Å². The number of amides is 1. The van der Waals surface area contributed by atoms with Gasteiger partial charge in [0.1, 0.15) is 5.75 Å². The van der Waals surface area contributed by atoms with Crippen molar-refractivity contribution in [1.29, 1.82) is 0 Å². The molecule has 1 unspecified atom stereocenters. The number of aromatic nitrogens is 1. The smallest absolute Gasteiger partial charge is 0.263 e. The van der Waals surface area contributed by atoms with E-state index in [2.05, 4.69) is 10.3 Å². The highest BCUT2D eigenvalue weighted by atomic mass is 35.5. The van der Waals surface area contributed by atoms with E-state index in [0.717, 1.165) is 25.9 Å². The maximum atomic E-state index is 12.3. The van der Waals surface area contributed by atoms with Gasteiger partial charge in [-0.05, 0) is 38.9 Å². The summed E-state index contributed by atoms with van der Waals surface area (Å²) in [6.07, 6.45) is 4.85. The largest absolute Gasteiger partial charge is 0.479 e. The Morgan fingerprint density at radius 3 is 2.62 bits per heavy atom. The summed E-state index contributed by atoms with van der Waals surface area (Å²) < 4.78 is 5.61. The van der Waals surface area contributed by atoms with Crippen molar-refractivity contribution in [1.82, 2.24) is 15.2 Å². The van der Waals surface area contributed by atoms with Crippen molar-refractivity contribution in [3.05, 3.63) is 24.5 Å². The minimum absolute atomic E-state index is 0. The predicted octanol–water partition coefficient (Wildman–Crippen LogP) is 1.90. The van der Waals surface area contributed by atoms with Crippen LogP contribution < -0.4 is 10.1 Å². The fraction of sp³-hybridized carbons (Fsp3) is 0.571. The Kier molecular flexibility index (Phi) is 9.33. The van der Waals surface area contributed by atoms with Crippen LogP contribution in [0.15, 0.2) is 24.5 Å². The van der Waals surface area contributed by atoms with E-state index in [0.29, 0.717) is 11.8 Å². The average Bonchev–Trinajstić information content (AvgIpc) is 2.47. The Morgan fingerprint density at radius 2 is 2.10 bits per heavy atom. The molecule has 21 heavy (non-hydrogen) atoms. The quantitative estimate of drug-likeness (QED) is 0.913. The molecule has 1 aliphatic heterocycles. The normalized spacial score (nSPS) is 16.4. The number of pyridine rings is 1. The molecule has 120 valence electrons.